The molecule has 0 radical (unpaired) electrons. The van der Waals surface area contributed by atoms with E-state index in [4.69, 9.17) is 9.47 Å². The molecule has 5 rings (SSSR count). The Kier molecular flexibility index (Phi) is 6.99. The highest BCUT2D eigenvalue weighted by Gasteiger charge is 2.44. The van der Waals surface area contributed by atoms with Crippen LogP contribution >= 0.6 is 0 Å². The number of imidazole rings is 1. The van der Waals surface area contributed by atoms with Gasteiger partial charge in [0.05, 0.1) is 31.7 Å². The monoisotopic (exact) mass is 483 g/mol. The Hall–Kier alpha value is -2.63. The van der Waals surface area contributed by atoms with Gasteiger partial charge in [0.25, 0.3) is 0 Å². The van der Waals surface area contributed by atoms with Gasteiger partial charge in [-0.2, -0.15) is 0 Å². The van der Waals surface area contributed by atoms with Crippen LogP contribution in [-0.4, -0.2) is 71.9 Å². The van der Waals surface area contributed by atoms with Crippen molar-refractivity contribution in [2.75, 3.05) is 11.9 Å². The van der Waals surface area contributed by atoms with Crippen LogP contribution in [0, 0.1) is 0 Å². The molecule has 4 N–H and O–H groups in total. The smallest absolute Gasteiger partial charge is 0.167 e. The Bertz CT molecular complexity index is 1140. The lowest BCUT2D eigenvalue weighted by Gasteiger charge is -2.22. The highest BCUT2D eigenvalue weighted by molar-refractivity contribution is 5.82. The van der Waals surface area contributed by atoms with E-state index in [0.29, 0.717) is 29.5 Å². The minimum atomic E-state index is -1.21. The van der Waals surface area contributed by atoms with Crippen molar-refractivity contribution in [1.82, 2.24) is 19.5 Å². The third kappa shape index (κ3) is 4.76. The van der Waals surface area contributed by atoms with Gasteiger partial charge in [-0.3, -0.25) is 4.57 Å². The number of hydrogen-bond acceptors (Lipinski definition) is 9. The first-order chi connectivity index (χ1) is 17.0. The number of aliphatic hydroxyl groups excluding tert-OH is 3. The predicted octanol–water partition coefficient (Wildman–Crippen LogP) is 2.11. The minimum Gasteiger partial charge on any atom is -0.394 e. The standard InChI is InChI=1S/C25H33N5O5/c1-14(2)16-8-6-15(7-9-16)11-34-18-5-3-4-17(18)29-23-20-24(27-12-26-23)30(13-28-20)25-22(33)21(32)19(10-31)35-25/h6-9,12-14,17-19,21-22,25,31-33H,3-5,10-11H2,1-2H3,(H,26,27,29)/t17?,18-,19?,21+,22+,25?/m0/s1. The Morgan fingerprint density at radius 2 is 1.91 bits per heavy atom. The van der Waals surface area contributed by atoms with E-state index >= 15 is 0 Å². The van der Waals surface area contributed by atoms with Crippen molar-refractivity contribution in [1.29, 1.82) is 0 Å². The summed E-state index contributed by atoms with van der Waals surface area (Å²) in [5.74, 6) is 1.09. The molecule has 3 aromatic rings. The number of aromatic nitrogens is 4. The zero-order valence-corrected chi connectivity index (χ0v) is 20.0. The second kappa shape index (κ2) is 10.2. The third-order valence-corrected chi connectivity index (χ3v) is 7.04. The van der Waals surface area contributed by atoms with E-state index in [1.807, 2.05) is 0 Å². The summed E-state index contributed by atoms with van der Waals surface area (Å²) in [6.07, 6.45) is 1.79. The average Bonchev–Trinajstić information content (AvgIpc) is 3.57. The number of hydrogen-bond donors (Lipinski definition) is 4. The van der Waals surface area contributed by atoms with Gasteiger partial charge in [0.1, 0.15) is 24.6 Å². The molecular weight excluding hydrogens is 450 g/mol. The molecule has 1 aliphatic heterocycles. The van der Waals surface area contributed by atoms with Crippen LogP contribution in [0.4, 0.5) is 5.82 Å². The fourth-order valence-corrected chi connectivity index (χ4v) is 4.92. The molecule has 188 valence electrons. The zero-order chi connectivity index (χ0) is 24.5. The summed E-state index contributed by atoms with van der Waals surface area (Å²) in [6.45, 7) is 4.53. The summed E-state index contributed by atoms with van der Waals surface area (Å²) in [5.41, 5.74) is 3.48. The average molecular weight is 484 g/mol. The third-order valence-electron chi connectivity index (χ3n) is 7.04. The van der Waals surface area contributed by atoms with E-state index < -0.39 is 31.1 Å². The Morgan fingerprint density at radius 3 is 2.63 bits per heavy atom. The van der Waals surface area contributed by atoms with Crippen LogP contribution in [0.5, 0.6) is 0 Å². The first kappa shape index (κ1) is 24.1. The van der Waals surface area contributed by atoms with Crippen molar-refractivity contribution in [2.24, 2.45) is 0 Å². The molecule has 3 heterocycles. The molecule has 2 aliphatic rings. The summed E-state index contributed by atoms with van der Waals surface area (Å²) in [6, 6.07) is 8.67. The van der Waals surface area contributed by atoms with Crippen molar-refractivity contribution in [3.63, 3.8) is 0 Å². The first-order valence-electron chi connectivity index (χ1n) is 12.2. The number of fused-ring (bicyclic) bond motifs is 1. The summed E-state index contributed by atoms with van der Waals surface area (Å²) >= 11 is 0. The normalized spacial score (nSPS) is 28.9. The predicted molar refractivity (Wildman–Crippen MR) is 129 cm³/mol. The molecule has 1 aromatic carbocycles. The minimum absolute atomic E-state index is 0.0484. The van der Waals surface area contributed by atoms with E-state index in [2.05, 4.69) is 58.4 Å². The van der Waals surface area contributed by atoms with Crippen LogP contribution in [0.2, 0.25) is 0 Å². The largest absolute Gasteiger partial charge is 0.394 e. The second-order valence-electron chi connectivity index (χ2n) is 9.70. The molecule has 0 amide bonds. The summed E-state index contributed by atoms with van der Waals surface area (Å²) < 4.78 is 13.5. The Morgan fingerprint density at radius 1 is 1.11 bits per heavy atom. The van der Waals surface area contributed by atoms with E-state index in [1.54, 1.807) is 4.57 Å². The number of anilines is 1. The lowest BCUT2D eigenvalue weighted by molar-refractivity contribution is -0.0511. The van der Waals surface area contributed by atoms with Gasteiger partial charge in [0.15, 0.2) is 23.2 Å². The van der Waals surface area contributed by atoms with Crippen LogP contribution < -0.4 is 5.32 Å². The lowest BCUT2D eigenvalue weighted by Crippen LogP contribution is -2.33. The quantitative estimate of drug-likeness (QED) is 0.380. The molecule has 1 aliphatic carbocycles. The van der Waals surface area contributed by atoms with E-state index in [0.717, 1.165) is 24.8 Å². The van der Waals surface area contributed by atoms with Gasteiger partial charge in [0, 0.05) is 0 Å². The lowest BCUT2D eigenvalue weighted by atomic mass is 10.0. The van der Waals surface area contributed by atoms with E-state index in [1.165, 1.54) is 18.2 Å². The van der Waals surface area contributed by atoms with Crippen molar-refractivity contribution < 1.29 is 24.8 Å². The molecule has 10 heteroatoms. The highest BCUT2D eigenvalue weighted by atomic mass is 16.6. The summed E-state index contributed by atoms with van der Waals surface area (Å²) in [4.78, 5) is 13.2. The molecular formula is C25H33N5O5. The molecule has 1 saturated carbocycles. The van der Waals surface area contributed by atoms with Gasteiger partial charge in [-0.05, 0) is 36.3 Å². The molecule has 0 bridgehead atoms. The second-order valence-corrected chi connectivity index (χ2v) is 9.70. The van der Waals surface area contributed by atoms with Crippen LogP contribution in [0.3, 0.4) is 0 Å². The fraction of sp³-hybridized carbons (Fsp3) is 0.560. The maximum absolute atomic E-state index is 10.4. The highest BCUT2D eigenvalue weighted by Crippen LogP contribution is 2.33. The molecule has 0 spiro atoms. The molecule has 2 aromatic heterocycles. The van der Waals surface area contributed by atoms with Crippen LogP contribution in [-0.2, 0) is 16.1 Å². The molecule has 1 saturated heterocycles. The Labute approximate surface area is 204 Å². The van der Waals surface area contributed by atoms with Crippen molar-refractivity contribution in [2.45, 2.75) is 82.3 Å². The molecule has 3 unspecified atom stereocenters. The SMILES string of the molecule is CC(C)c1ccc(CO[C@H]2CCCC2Nc2ncnc3c2ncn3C2OC(CO)[C@@H](O)[C@H]2O)cc1. The van der Waals surface area contributed by atoms with Gasteiger partial charge in [0.2, 0.25) is 0 Å². The van der Waals surface area contributed by atoms with Crippen LogP contribution in [0.25, 0.3) is 11.2 Å². The molecule has 10 nitrogen and oxygen atoms in total. The Balaban J connectivity index is 1.28. The number of benzene rings is 1. The maximum atomic E-state index is 10.4. The van der Waals surface area contributed by atoms with Gasteiger partial charge >= 0.3 is 0 Å². The van der Waals surface area contributed by atoms with Crippen molar-refractivity contribution >= 4 is 17.0 Å². The maximum Gasteiger partial charge on any atom is 0.167 e. The number of ether oxygens (including phenoxy) is 2. The number of nitrogens with zero attached hydrogens (tertiary/aromatic N) is 4. The van der Waals surface area contributed by atoms with Crippen LogP contribution in [0.1, 0.15) is 56.4 Å². The fourth-order valence-electron chi connectivity index (χ4n) is 4.92. The molecule has 6 atom stereocenters. The topological polar surface area (TPSA) is 135 Å². The van der Waals surface area contributed by atoms with E-state index in [9.17, 15) is 15.3 Å². The summed E-state index contributed by atoms with van der Waals surface area (Å²) in [7, 11) is 0. The van der Waals surface area contributed by atoms with E-state index in [-0.39, 0.29) is 12.1 Å². The molecule has 35 heavy (non-hydrogen) atoms. The van der Waals surface area contributed by atoms with Crippen LogP contribution in [0.15, 0.2) is 36.9 Å². The summed E-state index contributed by atoms with van der Waals surface area (Å²) in [5, 5.41) is 33.4. The van der Waals surface area contributed by atoms with Crippen molar-refractivity contribution in [3.05, 3.63) is 48.0 Å². The van der Waals surface area contributed by atoms with Gasteiger partial charge < -0.3 is 30.1 Å². The van der Waals surface area contributed by atoms with Crippen molar-refractivity contribution in [3.8, 4) is 0 Å². The zero-order valence-electron chi connectivity index (χ0n) is 20.0. The number of aliphatic hydroxyl groups is 3. The van der Waals surface area contributed by atoms with Gasteiger partial charge in [-0.1, -0.05) is 38.1 Å². The molecule has 2 fully saturated rings. The number of rotatable bonds is 8. The number of nitrogens with one attached hydrogen (secondary N) is 1. The van der Waals surface area contributed by atoms with Gasteiger partial charge in [-0.15, -0.1) is 0 Å². The van der Waals surface area contributed by atoms with Gasteiger partial charge in [-0.25, -0.2) is 15.0 Å². The first-order valence-corrected chi connectivity index (χ1v) is 12.2.